The molecule has 1 aliphatic heterocycles. The van der Waals surface area contributed by atoms with Gasteiger partial charge in [0.1, 0.15) is 0 Å². The first kappa shape index (κ1) is 22.0. The lowest BCUT2D eigenvalue weighted by Crippen LogP contribution is -2.27. The molecule has 2 aromatic carbocycles. The van der Waals surface area contributed by atoms with Crippen molar-refractivity contribution in [3.63, 3.8) is 0 Å². The molecule has 2 aromatic rings. The van der Waals surface area contributed by atoms with Crippen LogP contribution < -0.4 is 14.4 Å². The van der Waals surface area contributed by atoms with Crippen molar-refractivity contribution in [2.45, 2.75) is 0 Å². The van der Waals surface area contributed by atoms with Gasteiger partial charge in [-0.25, -0.2) is 9.69 Å². The predicted molar refractivity (Wildman–Crippen MR) is 115 cm³/mol. The van der Waals surface area contributed by atoms with Crippen molar-refractivity contribution in [3.8, 4) is 11.5 Å². The summed E-state index contributed by atoms with van der Waals surface area (Å²) in [5.41, 5.74) is 0.941. The number of halogens is 2. The van der Waals surface area contributed by atoms with Crippen LogP contribution in [-0.2, 0) is 14.3 Å². The molecule has 0 aromatic heterocycles. The molecule has 0 aliphatic carbocycles. The summed E-state index contributed by atoms with van der Waals surface area (Å²) in [5, 5.41) is 0.239. The van der Waals surface area contributed by atoms with Crippen molar-refractivity contribution in [1.29, 1.82) is 0 Å². The second kappa shape index (κ2) is 9.42. The maximum atomic E-state index is 12.8. The maximum Gasteiger partial charge on any atom is 0.343 e. The molecule has 1 heterocycles. The van der Waals surface area contributed by atoms with E-state index in [1.165, 1.54) is 26.4 Å². The van der Waals surface area contributed by atoms with Crippen molar-refractivity contribution in [2.24, 2.45) is 0 Å². The van der Waals surface area contributed by atoms with Gasteiger partial charge < -0.3 is 14.2 Å². The third-order valence-corrected chi connectivity index (χ3v) is 5.39. The summed E-state index contributed by atoms with van der Waals surface area (Å²) in [6.45, 7) is -0.341. The average molecular weight is 468 g/mol. The number of thioether (sulfide) groups is 1. The number of anilines is 1. The van der Waals surface area contributed by atoms with Crippen LogP contribution in [0, 0.1) is 0 Å². The Bertz CT molecular complexity index is 1040. The molecule has 0 atom stereocenters. The fraction of sp³-hybridized carbons (Fsp3) is 0.150. The minimum atomic E-state index is -0.576. The minimum absolute atomic E-state index is 0.163. The highest BCUT2D eigenvalue weighted by molar-refractivity contribution is 8.19. The van der Waals surface area contributed by atoms with Crippen LogP contribution in [0.4, 0.5) is 10.5 Å². The summed E-state index contributed by atoms with van der Waals surface area (Å²) in [5.74, 6) is -0.618. The van der Waals surface area contributed by atoms with Gasteiger partial charge in [0.15, 0.2) is 18.1 Å². The number of amides is 2. The SMILES string of the molecule is COC(=O)COc1c(Cl)cc(/C=C2/SC(=O)N(c3ccc(Cl)cc3)C2=O)cc1OC. The molecule has 1 saturated heterocycles. The molecular formula is C20H15Cl2NO6S. The highest BCUT2D eigenvalue weighted by atomic mass is 35.5. The Kier molecular flexibility index (Phi) is 6.91. The van der Waals surface area contributed by atoms with Gasteiger partial charge in [0, 0.05) is 5.02 Å². The van der Waals surface area contributed by atoms with Gasteiger partial charge in [0.25, 0.3) is 11.1 Å². The predicted octanol–water partition coefficient (Wildman–Crippen LogP) is 4.79. The number of methoxy groups -OCH3 is 2. The van der Waals surface area contributed by atoms with E-state index in [0.717, 1.165) is 16.7 Å². The smallest absolute Gasteiger partial charge is 0.343 e. The summed E-state index contributed by atoms with van der Waals surface area (Å²) in [4.78, 5) is 37.7. The van der Waals surface area contributed by atoms with Gasteiger partial charge in [-0.05, 0) is 59.8 Å². The van der Waals surface area contributed by atoms with Crippen LogP contribution in [0.3, 0.4) is 0 Å². The number of esters is 1. The number of carbonyl (C=O) groups is 3. The Morgan fingerprint density at radius 2 is 1.83 bits per heavy atom. The molecule has 0 bridgehead atoms. The molecule has 0 spiro atoms. The van der Waals surface area contributed by atoms with Crippen molar-refractivity contribution in [3.05, 3.63) is 56.9 Å². The number of ether oxygens (including phenoxy) is 3. The molecule has 1 aliphatic rings. The Balaban J connectivity index is 1.88. The monoisotopic (exact) mass is 467 g/mol. The van der Waals surface area contributed by atoms with Gasteiger partial charge in [0.05, 0.1) is 29.8 Å². The number of carbonyl (C=O) groups excluding carboxylic acids is 3. The van der Waals surface area contributed by atoms with Gasteiger partial charge in [-0.3, -0.25) is 9.59 Å². The zero-order valence-electron chi connectivity index (χ0n) is 15.8. The van der Waals surface area contributed by atoms with Gasteiger partial charge >= 0.3 is 5.97 Å². The lowest BCUT2D eigenvalue weighted by Gasteiger charge is -2.13. The Labute approximate surface area is 186 Å². The summed E-state index contributed by atoms with van der Waals surface area (Å²) < 4.78 is 15.2. The van der Waals surface area contributed by atoms with Crippen LogP contribution >= 0.6 is 35.0 Å². The molecule has 2 amide bonds. The molecular weight excluding hydrogens is 453 g/mol. The Morgan fingerprint density at radius 3 is 2.47 bits per heavy atom. The highest BCUT2D eigenvalue weighted by Gasteiger charge is 2.36. The number of nitrogens with zero attached hydrogens (tertiary/aromatic N) is 1. The highest BCUT2D eigenvalue weighted by Crippen LogP contribution is 2.40. The van der Waals surface area contributed by atoms with Crippen molar-refractivity contribution < 1.29 is 28.6 Å². The summed E-state index contributed by atoms with van der Waals surface area (Å²) in [6, 6.07) is 9.49. The third kappa shape index (κ3) is 4.72. The van der Waals surface area contributed by atoms with Gasteiger partial charge in [-0.2, -0.15) is 0 Å². The number of imide groups is 1. The molecule has 0 radical (unpaired) electrons. The fourth-order valence-corrected chi connectivity index (χ4v) is 3.83. The zero-order chi connectivity index (χ0) is 21.8. The first-order valence-corrected chi connectivity index (χ1v) is 10.0. The van der Waals surface area contributed by atoms with Crippen molar-refractivity contribution in [1.82, 2.24) is 0 Å². The molecule has 3 rings (SSSR count). The molecule has 10 heteroatoms. The topological polar surface area (TPSA) is 82.1 Å². The first-order valence-electron chi connectivity index (χ1n) is 8.44. The second-order valence-corrected chi connectivity index (χ2v) is 7.73. The van der Waals surface area contributed by atoms with E-state index in [-0.39, 0.29) is 28.0 Å². The molecule has 156 valence electrons. The van der Waals surface area contributed by atoms with Crippen LogP contribution in [0.5, 0.6) is 11.5 Å². The minimum Gasteiger partial charge on any atom is -0.493 e. The van der Waals surface area contributed by atoms with E-state index in [9.17, 15) is 14.4 Å². The van der Waals surface area contributed by atoms with Gasteiger partial charge in [-0.1, -0.05) is 23.2 Å². The Morgan fingerprint density at radius 1 is 1.13 bits per heavy atom. The largest absolute Gasteiger partial charge is 0.493 e. The quantitative estimate of drug-likeness (QED) is 0.445. The molecule has 0 saturated carbocycles. The van der Waals surface area contributed by atoms with E-state index < -0.39 is 17.1 Å². The number of benzene rings is 2. The maximum absolute atomic E-state index is 12.8. The van der Waals surface area contributed by atoms with Gasteiger partial charge in [0.2, 0.25) is 0 Å². The van der Waals surface area contributed by atoms with Crippen LogP contribution in [0.25, 0.3) is 6.08 Å². The summed E-state index contributed by atoms with van der Waals surface area (Å²) >= 11 is 12.9. The lowest BCUT2D eigenvalue weighted by atomic mass is 10.1. The van der Waals surface area contributed by atoms with E-state index >= 15 is 0 Å². The van der Waals surface area contributed by atoms with E-state index in [2.05, 4.69) is 4.74 Å². The zero-order valence-corrected chi connectivity index (χ0v) is 18.1. The fourth-order valence-electron chi connectivity index (χ4n) is 2.59. The normalized spacial score (nSPS) is 14.9. The molecule has 1 fully saturated rings. The van der Waals surface area contributed by atoms with E-state index in [1.54, 1.807) is 30.3 Å². The summed E-state index contributed by atoms with van der Waals surface area (Å²) in [7, 11) is 2.65. The Hall–Kier alpha value is -2.68. The van der Waals surface area contributed by atoms with Crippen LogP contribution in [0.1, 0.15) is 5.56 Å². The van der Waals surface area contributed by atoms with E-state index in [0.29, 0.717) is 16.3 Å². The lowest BCUT2D eigenvalue weighted by molar-refractivity contribution is -0.142. The summed E-state index contributed by atoms with van der Waals surface area (Å²) in [6.07, 6.45) is 1.53. The molecule has 0 unspecified atom stereocenters. The number of rotatable bonds is 6. The van der Waals surface area contributed by atoms with Crippen molar-refractivity contribution >= 4 is 63.8 Å². The number of hydrogen-bond acceptors (Lipinski definition) is 7. The van der Waals surface area contributed by atoms with Crippen LogP contribution in [0.15, 0.2) is 41.3 Å². The first-order chi connectivity index (χ1) is 14.3. The number of hydrogen-bond donors (Lipinski definition) is 0. The van der Waals surface area contributed by atoms with E-state index in [1.807, 2.05) is 0 Å². The second-order valence-electron chi connectivity index (χ2n) is 5.89. The van der Waals surface area contributed by atoms with Crippen LogP contribution in [-0.4, -0.2) is 37.9 Å². The molecule has 7 nitrogen and oxygen atoms in total. The molecule has 0 N–H and O–H groups in total. The third-order valence-electron chi connectivity index (χ3n) is 3.99. The van der Waals surface area contributed by atoms with Crippen molar-refractivity contribution in [2.75, 3.05) is 25.7 Å². The van der Waals surface area contributed by atoms with Gasteiger partial charge in [-0.15, -0.1) is 0 Å². The molecule has 30 heavy (non-hydrogen) atoms. The van der Waals surface area contributed by atoms with Crippen LogP contribution in [0.2, 0.25) is 10.0 Å². The van der Waals surface area contributed by atoms with E-state index in [4.69, 9.17) is 32.7 Å². The standard InChI is InChI=1S/C20H15Cl2NO6S/c1-27-15-8-11(7-14(22)18(15)29-10-17(24)28-2)9-16-19(25)23(20(26)30-16)13-5-3-12(21)4-6-13/h3-9H,10H2,1-2H3/b16-9+. The average Bonchev–Trinajstić information content (AvgIpc) is 3.00.